The van der Waals surface area contributed by atoms with Crippen molar-refractivity contribution >= 4 is 28.9 Å². The van der Waals surface area contributed by atoms with Crippen molar-refractivity contribution in [3.8, 4) is 0 Å². The molecule has 0 aliphatic heterocycles. The van der Waals surface area contributed by atoms with E-state index >= 15 is 0 Å². The number of thiophene rings is 1. The fourth-order valence-corrected chi connectivity index (χ4v) is 2.34. The molecule has 2 heterocycles. The lowest BCUT2D eigenvalue weighted by molar-refractivity contribution is -0.116. The highest BCUT2D eigenvalue weighted by Crippen LogP contribution is 2.22. The summed E-state index contributed by atoms with van der Waals surface area (Å²) >= 11 is 1.13. The monoisotopic (exact) mass is 309 g/mol. The number of hydrogen-bond acceptors (Lipinski definition) is 6. The van der Waals surface area contributed by atoms with Crippen LogP contribution in [0.15, 0.2) is 33.3 Å². The molecule has 9 heteroatoms. The third-order valence-electron chi connectivity index (χ3n) is 2.52. The molecule has 2 rings (SSSR count). The van der Waals surface area contributed by atoms with Crippen LogP contribution in [0.3, 0.4) is 0 Å². The number of anilines is 1. The molecule has 0 aromatic carbocycles. The normalized spacial score (nSPS) is 10.1. The minimum atomic E-state index is -0.684. The molecule has 0 saturated carbocycles. The summed E-state index contributed by atoms with van der Waals surface area (Å²) in [6, 6.07) is 2.70. The summed E-state index contributed by atoms with van der Waals surface area (Å²) in [7, 11) is 1.24. The summed E-state index contributed by atoms with van der Waals surface area (Å²) in [5.74, 6) is -1.06. The quantitative estimate of drug-likeness (QED) is 0.774. The fourth-order valence-electron chi connectivity index (χ4n) is 1.57. The first-order valence-electron chi connectivity index (χ1n) is 5.76. The van der Waals surface area contributed by atoms with Crippen LogP contribution in [-0.4, -0.2) is 28.5 Å². The maximum Gasteiger partial charge on any atom is 0.350 e. The van der Waals surface area contributed by atoms with Crippen LogP contribution in [0.4, 0.5) is 5.69 Å². The van der Waals surface area contributed by atoms with E-state index in [9.17, 15) is 19.2 Å². The highest BCUT2D eigenvalue weighted by Gasteiger charge is 2.15. The van der Waals surface area contributed by atoms with Gasteiger partial charge in [0.1, 0.15) is 11.4 Å². The van der Waals surface area contributed by atoms with Crippen LogP contribution in [0.1, 0.15) is 9.67 Å². The summed E-state index contributed by atoms with van der Waals surface area (Å²) in [6.45, 7) is -0.286. The van der Waals surface area contributed by atoms with Crippen LogP contribution >= 0.6 is 11.3 Å². The number of H-pyrrole nitrogens is 1. The van der Waals surface area contributed by atoms with E-state index in [2.05, 4.69) is 10.1 Å². The van der Waals surface area contributed by atoms with Gasteiger partial charge in [-0.2, -0.15) is 0 Å². The summed E-state index contributed by atoms with van der Waals surface area (Å²) in [4.78, 5) is 48.0. The summed E-state index contributed by atoms with van der Waals surface area (Å²) in [6.07, 6.45) is 1.22. The van der Waals surface area contributed by atoms with Gasteiger partial charge < -0.3 is 10.1 Å². The van der Waals surface area contributed by atoms with Crippen molar-refractivity contribution in [3.05, 3.63) is 49.4 Å². The lowest BCUT2D eigenvalue weighted by Gasteiger charge is -2.07. The fraction of sp³-hybridized carbons (Fsp3) is 0.167. The molecule has 0 unspecified atom stereocenters. The zero-order valence-corrected chi connectivity index (χ0v) is 11.7. The van der Waals surface area contributed by atoms with Crippen LogP contribution in [-0.2, 0) is 16.1 Å². The average Bonchev–Trinajstić information content (AvgIpc) is 2.89. The Morgan fingerprint density at radius 2 is 2.14 bits per heavy atom. The lowest BCUT2D eigenvalue weighted by atomic mass is 10.3. The second-order valence-electron chi connectivity index (χ2n) is 3.94. The van der Waals surface area contributed by atoms with Gasteiger partial charge in [0.15, 0.2) is 0 Å². The number of methoxy groups -OCH3 is 1. The Hall–Kier alpha value is -2.68. The van der Waals surface area contributed by atoms with Gasteiger partial charge in [0, 0.05) is 12.3 Å². The molecule has 0 aliphatic carbocycles. The number of aromatic nitrogens is 2. The van der Waals surface area contributed by atoms with Gasteiger partial charge in [-0.25, -0.2) is 9.59 Å². The molecule has 0 bridgehead atoms. The van der Waals surface area contributed by atoms with E-state index in [-0.39, 0.29) is 11.4 Å². The van der Waals surface area contributed by atoms with E-state index < -0.39 is 23.1 Å². The molecule has 110 valence electrons. The predicted octanol–water partition coefficient (Wildman–Crippen LogP) is 0.0234. The number of amides is 1. The standard InChI is InChI=1S/C12H11N3O5S/c1-20-11(18)10-7(3-5-21-10)13-9(17)6-15-4-2-8(16)14-12(15)19/h2-5H,6H2,1H3,(H,13,17)(H,14,16,19). The molecule has 0 radical (unpaired) electrons. The van der Waals surface area contributed by atoms with Crippen LogP contribution in [0.5, 0.6) is 0 Å². The zero-order valence-electron chi connectivity index (χ0n) is 10.9. The Morgan fingerprint density at radius 1 is 1.38 bits per heavy atom. The maximum atomic E-state index is 11.9. The second-order valence-corrected chi connectivity index (χ2v) is 4.86. The topological polar surface area (TPSA) is 110 Å². The Kier molecular flexibility index (Phi) is 4.33. The second kappa shape index (κ2) is 6.18. The van der Waals surface area contributed by atoms with Gasteiger partial charge in [0.25, 0.3) is 5.56 Å². The van der Waals surface area contributed by atoms with Gasteiger partial charge >= 0.3 is 11.7 Å². The number of aromatic amines is 1. The van der Waals surface area contributed by atoms with E-state index in [0.717, 1.165) is 22.0 Å². The third-order valence-corrected chi connectivity index (χ3v) is 3.42. The summed E-state index contributed by atoms with van der Waals surface area (Å²) < 4.78 is 5.64. The number of carbonyl (C=O) groups is 2. The minimum Gasteiger partial charge on any atom is -0.465 e. The molecule has 2 N–H and O–H groups in total. The van der Waals surface area contributed by atoms with Crippen LogP contribution in [0.25, 0.3) is 0 Å². The van der Waals surface area contributed by atoms with Crippen LogP contribution in [0, 0.1) is 0 Å². The van der Waals surface area contributed by atoms with Crippen molar-refractivity contribution in [2.45, 2.75) is 6.54 Å². The van der Waals surface area contributed by atoms with E-state index in [0.29, 0.717) is 5.69 Å². The van der Waals surface area contributed by atoms with Crippen molar-refractivity contribution in [1.82, 2.24) is 9.55 Å². The molecule has 2 aromatic heterocycles. The number of nitrogens with one attached hydrogen (secondary N) is 2. The summed E-state index contributed by atoms with van der Waals surface area (Å²) in [5.41, 5.74) is -0.909. The predicted molar refractivity (Wildman–Crippen MR) is 75.6 cm³/mol. The van der Waals surface area contributed by atoms with Gasteiger partial charge in [-0.1, -0.05) is 0 Å². The Labute approximate surface area is 122 Å². The van der Waals surface area contributed by atoms with Crippen LogP contribution < -0.4 is 16.6 Å². The number of hydrogen-bond donors (Lipinski definition) is 2. The Balaban J connectivity index is 2.12. The molecule has 0 spiro atoms. The summed E-state index contributed by atoms with van der Waals surface area (Å²) in [5, 5.41) is 4.15. The van der Waals surface area contributed by atoms with Gasteiger partial charge in [-0.15, -0.1) is 11.3 Å². The van der Waals surface area contributed by atoms with E-state index in [1.165, 1.54) is 13.3 Å². The minimum absolute atomic E-state index is 0.264. The molecule has 8 nitrogen and oxygen atoms in total. The molecule has 21 heavy (non-hydrogen) atoms. The molecule has 0 saturated heterocycles. The number of ether oxygens (including phenoxy) is 1. The molecular formula is C12H11N3O5S. The van der Waals surface area contributed by atoms with Crippen molar-refractivity contribution in [2.24, 2.45) is 0 Å². The first kappa shape index (κ1) is 14.7. The highest BCUT2D eigenvalue weighted by molar-refractivity contribution is 7.12. The molecule has 0 aliphatic rings. The largest absolute Gasteiger partial charge is 0.465 e. The molecule has 2 aromatic rings. The number of rotatable bonds is 4. The van der Waals surface area contributed by atoms with Gasteiger partial charge in [0.05, 0.1) is 12.8 Å². The van der Waals surface area contributed by atoms with E-state index in [1.54, 1.807) is 11.4 Å². The first-order valence-corrected chi connectivity index (χ1v) is 6.64. The Morgan fingerprint density at radius 3 is 2.81 bits per heavy atom. The van der Waals surface area contributed by atoms with Crippen molar-refractivity contribution in [2.75, 3.05) is 12.4 Å². The Bertz CT molecular complexity index is 788. The third kappa shape index (κ3) is 3.45. The maximum absolute atomic E-state index is 11.9. The number of nitrogens with zero attached hydrogens (tertiary/aromatic N) is 1. The molecule has 0 atom stereocenters. The van der Waals surface area contributed by atoms with Crippen molar-refractivity contribution in [1.29, 1.82) is 0 Å². The van der Waals surface area contributed by atoms with Gasteiger partial charge in [-0.3, -0.25) is 19.1 Å². The average molecular weight is 309 g/mol. The van der Waals surface area contributed by atoms with Gasteiger partial charge in [-0.05, 0) is 11.4 Å². The highest BCUT2D eigenvalue weighted by atomic mass is 32.1. The SMILES string of the molecule is COC(=O)c1sccc1NC(=O)Cn1ccc(=O)[nH]c1=O. The van der Waals surface area contributed by atoms with Crippen LogP contribution in [0.2, 0.25) is 0 Å². The molecule has 0 fully saturated rings. The number of carbonyl (C=O) groups excluding carboxylic acids is 2. The van der Waals surface area contributed by atoms with Gasteiger partial charge in [0.2, 0.25) is 5.91 Å². The molecule has 1 amide bonds. The van der Waals surface area contributed by atoms with Crippen molar-refractivity contribution in [3.63, 3.8) is 0 Å². The zero-order chi connectivity index (χ0) is 15.4. The number of esters is 1. The molecular weight excluding hydrogens is 298 g/mol. The smallest absolute Gasteiger partial charge is 0.350 e. The lowest BCUT2D eigenvalue weighted by Crippen LogP contribution is -2.32. The van der Waals surface area contributed by atoms with E-state index in [4.69, 9.17) is 0 Å². The van der Waals surface area contributed by atoms with Crippen molar-refractivity contribution < 1.29 is 14.3 Å². The van der Waals surface area contributed by atoms with E-state index in [1.807, 2.05) is 4.98 Å². The first-order chi connectivity index (χ1) is 10.0.